The molecule has 1 fully saturated rings. The first-order chi connectivity index (χ1) is 9.87. The molecule has 21 heavy (non-hydrogen) atoms. The van der Waals surface area contributed by atoms with E-state index < -0.39 is 11.7 Å². The third-order valence-electron chi connectivity index (χ3n) is 3.00. The van der Waals surface area contributed by atoms with Crippen LogP contribution < -0.4 is 10.2 Å². The molecule has 1 atom stereocenters. The Bertz CT molecular complexity index is 544. The number of aromatic nitrogens is 2. The van der Waals surface area contributed by atoms with Crippen molar-refractivity contribution in [3.63, 3.8) is 0 Å². The van der Waals surface area contributed by atoms with Crippen molar-refractivity contribution >= 4 is 11.9 Å². The molecule has 1 aliphatic heterocycles. The molecular formula is C14H19N5O2. The molecule has 0 radical (unpaired) electrons. The van der Waals surface area contributed by atoms with Crippen molar-refractivity contribution < 1.29 is 9.53 Å². The van der Waals surface area contributed by atoms with Crippen molar-refractivity contribution in [1.82, 2.24) is 15.5 Å². The van der Waals surface area contributed by atoms with Crippen molar-refractivity contribution in [3.8, 4) is 6.07 Å². The highest BCUT2D eigenvalue weighted by Gasteiger charge is 2.27. The Morgan fingerprint density at radius 3 is 2.81 bits per heavy atom. The van der Waals surface area contributed by atoms with Crippen LogP contribution in [0.4, 0.5) is 10.6 Å². The van der Waals surface area contributed by atoms with Gasteiger partial charge in [0.25, 0.3) is 0 Å². The van der Waals surface area contributed by atoms with E-state index in [0.29, 0.717) is 18.1 Å². The molecule has 1 saturated heterocycles. The van der Waals surface area contributed by atoms with E-state index in [-0.39, 0.29) is 6.04 Å². The van der Waals surface area contributed by atoms with E-state index in [9.17, 15) is 4.79 Å². The van der Waals surface area contributed by atoms with Gasteiger partial charge in [0.1, 0.15) is 11.7 Å². The van der Waals surface area contributed by atoms with Crippen molar-refractivity contribution in [2.45, 2.75) is 38.8 Å². The molecule has 1 aromatic rings. The molecular weight excluding hydrogens is 270 g/mol. The average molecular weight is 289 g/mol. The van der Waals surface area contributed by atoms with Crippen LogP contribution in [0.25, 0.3) is 0 Å². The number of hydrogen-bond acceptors (Lipinski definition) is 6. The summed E-state index contributed by atoms with van der Waals surface area (Å²) >= 11 is 0. The summed E-state index contributed by atoms with van der Waals surface area (Å²) < 4.78 is 5.24. The minimum atomic E-state index is -0.499. The highest BCUT2D eigenvalue weighted by atomic mass is 16.6. The predicted octanol–water partition coefficient (Wildman–Crippen LogP) is 1.45. The van der Waals surface area contributed by atoms with E-state index >= 15 is 0 Å². The minimum Gasteiger partial charge on any atom is -0.444 e. The van der Waals surface area contributed by atoms with Gasteiger partial charge in [0.2, 0.25) is 0 Å². The first-order valence-corrected chi connectivity index (χ1v) is 6.86. The van der Waals surface area contributed by atoms with Gasteiger partial charge in [0.15, 0.2) is 11.5 Å². The molecule has 1 aliphatic rings. The summed E-state index contributed by atoms with van der Waals surface area (Å²) in [7, 11) is 0. The molecule has 0 aromatic carbocycles. The third-order valence-corrected chi connectivity index (χ3v) is 3.00. The van der Waals surface area contributed by atoms with E-state index in [1.807, 2.05) is 31.7 Å². The zero-order valence-electron chi connectivity index (χ0n) is 12.5. The van der Waals surface area contributed by atoms with Crippen LogP contribution in [0.2, 0.25) is 0 Å². The predicted molar refractivity (Wildman–Crippen MR) is 76.7 cm³/mol. The largest absolute Gasteiger partial charge is 0.444 e. The summed E-state index contributed by atoms with van der Waals surface area (Å²) in [4.78, 5) is 13.7. The quantitative estimate of drug-likeness (QED) is 0.886. The van der Waals surface area contributed by atoms with Gasteiger partial charge in [-0.1, -0.05) is 0 Å². The number of anilines is 1. The number of carbonyl (C=O) groups excluding carboxylic acids is 1. The number of ether oxygens (including phenoxy) is 1. The number of carbonyl (C=O) groups is 1. The van der Waals surface area contributed by atoms with E-state index in [1.165, 1.54) is 0 Å². The molecule has 7 heteroatoms. The van der Waals surface area contributed by atoms with Crippen LogP contribution in [0.15, 0.2) is 12.1 Å². The first kappa shape index (κ1) is 15.0. The van der Waals surface area contributed by atoms with E-state index in [4.69, 9.17) is 10.00 Å². The Morgan fingerprint density at radius 1 is 1.48 bits per heavy atom. The fourth-order valence-electron chi connectivity index (χ4n) is 2.11. The Labute approximate surface area is 123 Å². The van der Waals surface area contributed by atoms with E-state index in [0.717, 1.165) is 13.0 Å². The summed E-state index contributed by atoms with van der Waals surface area (Å²) in [6.07, 6.45) is 0.418. The molecule has 0 aliphatic carbocycles. The average Bonchev–Trinajstić information content (AvgIpc) is 2.85. The van der Waals surface area contributed by atoms with Gasteiger partial charge in [0, 0.05) is 13.1 Å². The summed E-state index contributed by atoms with van der Waals surface area (Å²) in [6.45, 7) is 6.93. The number of rotatable bonds is 2. The van der Waals surface area contributed by atoms with E-state index in [1.54, 1.807) is 12.1 Å². The fourth-order valence-corrected chi connectivity index (χ4v) is 2.11. The first-order valence-electron chi connectivity index (χ1n) is 6.86. The molecule has 7 nitrogen and oxygen atoms in total. The van der Waals surface area contributed by atoms with Crippen LogP contribution in [0.1, 0.15) is 32.9 Å². The maximum Gasteiger partial charge on any atom is 0.407 e. The summed E-state index contributed by atoms with van der Waals surface area (Å²) in [6, 6.07) is 5.36. The highest BCUT2D eigenvalue weighted by molar-refractivity contribution is 5.68. The van der Waals surface area contributed by atoms with Gasteiger partial charge in [-0.2, -0.15) is 5.26 Å². The Kier molecular flexibility index (Phi) is 4.26. The van der Waals surface area contributed by atoms with Gasteiger partial charge in [-0.15, -0.1) is 10.2 Å². The molecule has 0 bridgehead atoms. The molecule has 2 heterocycles. The standard InChI is InChI=1S/C14H19N5O2/c1-14(2,3)21-13(20)16-11-6-7-19(9-11)12-5-4-10(8-15)17-18-12/h4-5,11H,6-7,9H2,1-3H3,(H,16,20)/t11-/m0/s1. The topological polar surface area (TPSA) is 91.1 Å². The number of nitrogens with zero attached hydrogens (tertiary/aromatic N) is 4. The second kappa shape index (κ2) is 5.95. The third kappa shape index (κ3) is 4.31. The lowest BCUT2D eigenvalue weighted by molar-refractivity contribution is 0.0509. The second-order valence-corrected chi connectivity index (χ2v) is 5.97. The van der Waals surface area contributed by atoms with Gasteiger partial charge in [-0.05, 0) is 39.3 Å². The van der Waals surface area contributed by atoms with Gasteiger partial charge in [0.05, 0.1) is 6.04 Å². The minimum absolute atomic E-state index is 0.0253. The van der Waals surface area contributed by atoms with Crippen LogP contribution in [-0.2, 0) is 4.74 Å². The number of nitrogens with one attached hydrogen (secondary N) is 1. The SMILES string of the molecule is CC(C)(C)OC(=O)N[C@H]1CCN(c2ccc(C#N)nn2)C1. The lowest BCUT2D eigenvalue weighted by Gasteiger charge is -2.22. The van der Waals surface area contributed by atoms with Gasteiger partial charge in [-0.25, -0.2) is 4.79 Å². The molecule has 2 rings (SSSR count). The normalized spacial score (nSPS) is 18.2. The summed E-state index contributed by atoms with van der Waals surface area (Å²) in [5, 5.41) is 19.4. The van der Waals surface area contributed by atoms with Gasteiger partial charge < -0.3 is 15.0 Å². The Hall–Kier alpha value is -2.36. The van der Waals surface area contributed by atoms with E-state index in [2.05, 4.69) is 15.5 Å². The van der Waals surface area contributed by atoms with Crippen LogP contribution in [0.3, 0.4) is 0 Å². The van der Waals surface area contributed by atoms with Crippen LogP contribution in [-0.4, -0.2) is 41.0 Å². The lowest BCUT2D eigenvalue weighted by Crippen LogP contribution is -2.40. The van der Waals surface area contributed by atoms with Gasteiger partial charge >= 0.3 is 6.09 Å². The molecule has 112 valence electrons. The fraction of sp³-hybridized carbons (Fsp3) is 0.571. The zero-order chi connectivity index (χ0) is 15.5. The maximum atomic E-state index is 11.7. The van der Waals surface area contributed by atoms with Gasteiger partial charge in [-0.3, -0.25) is 0 Å². The number of hydrogen-bond donors (Lipinski definition) is 1. The molecule has 1 aromatic heterocycles. The number of alkyl carbamates (subject to hydrolysis) is 1. The number of nitriles is 1. The molecule has 0 spiro atoms. The van der Waals surface area contributed by atoms with Crippen LogP contribution in [0.5, 0.6) is 0 Å². The van der Waals surface area contributed by atoms with Crippen LogP contribution >= 0.6 is 0 Å². The summed E-state index contributed by atoms with van der Waals surface area (Å²) in [5.74, 6) is 0.711. The molecule has 1 N–H and O–H groups in total. The molecule has 0 saturated carbocycles. The Morgan fingerprint density at radius 2 is 2.24 bits per heavy atom. The molecule has 0 unspecified atom stereocenters. The monoisotopic (exact) mass is 289 g/mol. The smallest absolute Gasteiger partial charge is 0.407 e. The van der Waals surface area contributed by atoms with Crippen LogP contribution in [0, 0.1) is 11.3 Å². The van der Waals surface area contributed by atoms with Crippen molar-refractivity contribution in [1.29, 1.82) is 5.26 Å². The summed E-state index contributed by atoms with van der Waals surface area (Å²) in [5.41, 5.74) is -0.206. The lowest BCUT2D eigenvalue weighted by atomic mass is 10.2. The van der Waals surface area contributed by atoms with Crippen molar-refractivity contribution in [2.75, 3.05) is 18.0 Å². The Balaban J connectivity index is 1.88. The van der Waals surface area contributed by atoms with Crippen molar-refractivity contribution in [2.24, 2.45) is 0 Å². The zero-order valence-corrected chi connectivity index (χ0v) is 12.5. The number of amides is 1. The highest BCUT2D eigenvalue weighted by Crippen LogP contribution is 2.17. The maximum absolute atomic E-state index is 11.7. The van der Waals surface area contributed by atoms with Crippen molar-refractivity contribution in [3.05, 3.63) is 17.8 Å². The molecule has 1 amide bonds. The second-order valence-electron chi connectivity index (χ2n) is 5.97.